The molecule has 0 fully saturated rings. The van der Waals surface area contributed by atoms with Crippen molar-refractivity contribution in [2.24, 2.45) is 0 Å². The maximum Gasteiger partial charge on any atom is 0.372 e. The first kappa shape index (κ1) is 21.3. The van der Waals surface area contributed by atoms with Crippen molar-refractivity contribution in [3.63, 3.8) is 0 Å². The zero-order valence-electron chi connectivity index (χ0n) is 14.3. The molecule has 0 aliphatic carbocycles. The van der Waals surface area contributed by atoms with Gasteiger partial charge >= 0.3 is 6.00 Å². The molecule has 0 saturated carbocycles. The first-order valence-corrected chi connectivity index (χ1v) is 18.3. The van der Waals surface area contributed by atoms with Crippen LogP contribution < -0.4 is 20.5 Å². The molecule has 0 aliphatic rings. The van der Waals surface area contributed by atoms with Crippen LogP contribution in [0.5, 0.6) is 0 Å². The second-order valence-electron chi connectivity index (χ2n) is 6.11. The first-order valence-electron chi connectivity index (χ1n) is 8.18. The number of nitrogens with zero attached hydrogens (tertiary/aromatic N) is 1. The summed E-state index contributed by atoms with van der Waals surface area (Å²) in [6, 6.07) is 21.4. The van der Waals surface area contributed by atoms with Crippen LogP contribution in [0.25, 0.3) is 0 Å². The molecule has 27 heavy (non-hydrogen) atoms. The largest absolute Gasteiger partial charge is 0.372 e. The highest BCUT2D eigenvalue weighted by molar-refractivity contribution is 7.69. The van der Waals surface area contributed by atoms with Crippen LogP contribution in [0.3, 0.4) is 0 Å². The van der Waals surface area contributed by atoms with Crippen LogP contribution in [0.1, 0.15) is 0 Å². The summed E-state index contributed by atoms with van der Waals surface area (Å²) in [4.78, 5) is 2.16. The Balaban J connectivity index is 2.06. The van der Waals surface area contributed by atoms with E-state index in [4.69, 9.17) is 55.4 Å². The van der Waals surface area contributed by atoms with E-state index >= 15 is 0 Å². The highest BCUT2D eigenvalue weighted by Gasteiger charge is 2.28. The number of anilines is 3. The first-order chi connectivity index (χ1) is 12.8. The Labute approximate surface area is 188 Å². The van der Waals surface area contributed by atoms with Crippen molar-refractivity contribution in [3.8, 4) is 0 Å². The molecular weight excluding hydrogens is 492 g/mol. The smallest absolute Gasteiger partial charge is 0.311 e. The van der Waals surface area contributed by atoms with E-state index < -0.39 is 13.4 Å². The lowest BCUT2D eigenvalue weighted by atomic mass is 10.2. The minimum absolute atomic E-state index is 0.763. The maximum absolute atomic E-state index is 6.13. The molecule has 0 heterocycles. The maximum atomic E-state index is 6.13. The summed E-state index contributed by atoms with van der Waals surface area (Å²) < 4.78 is 0. The zero-order chi connectivity index (χ0) is 19.6. The van der Waals surface area contributed by atoms with Crippen molar-refractivity contribution in [1.29, 1.82) is 0 Å². The van der Waals surface area contributed by atoms with Gasteiger partial charge in [-0.1, -0.05) is 41.6 Å². The Morgan fingerprint density at radius 1 is 0.667 bits per heavy atom. The highest BCUT2D eigenvalue weighted by Crippen LogP contribution is 2.33. The number of hydrogen-bond acceptors (Lipinski definition) is 1. The fraction of sp³-hybridized carbons (Fsp3) is 0. The predicted molar refractivity (Wildman–Crippen MR) is 132 cm³/mol. The number of halogens is 5. The van der Waals surface area contributed by atoms with Gasteiger partial charge in [-0.25, -0.2) is 0 Å². The average Bonchev–Trinajstić information content (AvgIpc) is 2.64. The minimum atomic E-state index is -2.90. The Morgan fingerprint density at radius 3 is 1.48 bits per heavy atom. The molecule has 9 heteroatoms. The molecule has 0 aliphatic heterocycles. The van der Waals surface area contributed by atoms with Gasteiger partial charge in [0.2, 0.25) is 0 Å². The van der Waals surface area contributed by atoms with Gasteiger partial charge in [0.15, 0.2) is 0 Å². The molecule has 1 nitrogen and oxygen atoms in total. The van der Waals surface area contributed by atoms with Crippen molar-refractivity contribution in [2.75, 3.05) is 4.90 Å². The van der Waals surface area contributed by atoms with Gasteiger partial charge in [0.1, 0.15) is 0 Å². The van der Waals surface area contributed by atoms with Gasteiger partial charge in [-0.05, 0) is 46.8 Å². The minimum Gasteiger partial charge on any atom is -0.311 e. The molecule has 0 unspecified atom stereocenters. The normalized spacial score (nSPS) is 11.8. The van der Waals surface area contributed by atoms with E-state index in [1.807, 2.05) is 48.5 Å². The molecule has 0 spiro atoms. The fourth-order valence-corrected chi connectivity index (χ4v) is 6.08. The number of hydrogen-bond donors (Lipinski definition) is 0. The second-order valence-corrected chi connectivity index (χ2v) is 20.2. The van der Waals surface area contributed by atoms with Crippen LogP contribution >= 0.6 is 55.4 Å². The number of rotatable bonds is 5. The second kappa shape index (κ2) is 8.93. The van der Waals surface area contributed by atoms with Gasteiger partial charge in [0.25, 0.3) is 7.42 Å². The van der Waals surface area contributed by atoms with Crippen molar-refractivity contribution in [1.82, 2.24) is 0 Å². The van der Waals surface area contributed by atoms with Gasteiger partial charge in [0, 0.05) is 27.3 Å². The summed E-state index contributed by atoms with van der Waals surface area (Å²) in [6.07, 6.45) is 0. The summed E-state index contributed by atoms with van der Waals surface area (Å²) in [6.45, 7) is 0. The van der Waals surface area contributed by atoms with Gasteiger partial charge in [-0.15, -0.1) is 55.4 Å². The Bertz CT molecular complexity index is 894. The molecule has 0 amide bonds. The van der Waals surface area contributed by atoms with Gasteiger partial charge < -0.3 is 4.90 Å². The Hall–Kier alpha value is -0.439. The Kier molecular flexibility index (Phi) is 7.03. The fourth-order valence-electron chi connectivity index (χ4n) is 2.71. The van der Waals surface area contributed by atoms with Gasteiger partial charge in [-0.2, -0.15) is 0 Å². The van der Waals surface area contributed by atoms with Crippen LogP contribution in [0.4, 0.5) is 17.1 Å². The van der Waals surface area contributed by atoms with Crippen molar-refractivity contribution in [3.05, 3.63) is 72.8 Å². The third-order valence-electron chi connectivity index (χ3n) is 4.15. The summed E-state index contributed by atoms with van der Waals surface area (Å²) in [5.74, 6) is 0. The lowest BCUT2D eigenvalue weighted by molar-refractivity contribution is 1.29. The molecular formula is C18H16Cl5NSi3. The van der Waals surface area contributed by atoms with Crippen molar-refractivity contribution >= 4 is 112 Å². The predicted octanol–water partition coefficient (Wildman–Crippen LogP) is 3.91. The molecule has 0 aromatic heterocycles. The topological polar surface area (TPSA) is 3.24 Å². The van der Waals surface area contributed by atoms with Crippen LogP contribution in [0.2, 0.25) is 0 Å². The summed E-state index contributed by atoms with van der Waals surface area (Å²) in [7, 11) is -0.855. The van der Waals surface area contributed by atoms with E-state index in [0.717, 1.165) is 37.7 Å². The molecule has 140 valence electrons. The quantitative estimate of drug-likeness (QED) is 0.374. The highest BCUT2D eigenvalue weighted by atomic mass is 35.8. The third kappa shape index (κ3) is 5.34. The van der Waals surface area contributed by atoms with Gasteiger partial charge in [0.05, 0.1) is 0 Å². The molecule has 3 aromatic rings. The van der Waals surface area contributed by atoms with Crippen molar-refractivity contribution in [2.45, 2.75) is 0 Å². The monoisotopic (exact) mass is 505 g/mol. The lowest BCUT2D eigenvalue weighted by Crippen LogP contribution is -2.29. The van der Waals surface area contributed by atoms with Crippen LogP contribution in [0.15, 0.2) is 72.8 Å². The summed E-state index contributed by atoms with van der Waals surface area (Å²) in [5, 5.41) is 3.10. The van der Waals surface area contributed by atoms with E-state index in [1.54, 1.807) is 0 Å². The lowest BCUT2D eigenvalue weighted by Gasteiger charge is -2.26. The average molecular weight is 508 g/mol. The molecule has 0 bridgehead atoms. The van der Waals surface area contributed by atoms with Crippen molar-refractivity contribution < 1.29 is 0 Å². The number of benzene rings is 3. The zero-order valence-corrected chi connectivity index (χ0v) is 22.3. The SMILES string of the molecule is [SiH3]c1ccc(N(c2ccc([SiH](Cl)Cl)cc2)c2ccc([Si](Cl)(Cl)Cl)cc2)cc1. The van der Waals surface area contributed by atoms with Crippen LogP contribution in [0, 0.1) is 0 Å². The van der Waals surface area contributed by atoms with E-state index in [-0.39, 0.29) is 0 Å². The molecule has 3 rings (SSSR count). The van der Waals surface area contributed by atoms with Crippen LogP contribution in [-0.4, -0.2) is 23.7 Å². The molecule has 3 aromatic carbocycles. The van der Waals surface area contributed by atoms with Gasteiger partial charge in [-0.3, -0.25) is 0 Å². The van der Waals surface area contributed by atoms with E-state index in [2.05, 4.69) is 29.2 Å². The standard InChI is InChI=1S/C18H16Cl5NSi3/c19-26(20)17-9-3-14(4-10-17)24(13-1-7-16(25)8-2-13)15-5-11-18(12-6-15)27(21,22)23/h1-12,26H,25H3. The summed E-state index contributed by atoms with van der Waals surface area (Å²) >= 11 is 30.6. The third-order valence-corrected chi connectivity index (χ3v) is 10.2. The molecule has 0 saturated heterocycles. The Morgan fingerprint density at radius 2 is 1.07 bits per heavy atom. The summed E-state index contributed by atoms with van der Waals surface area (Å²) in [5.41, 5.74) is 3.06. The van der Waals surface area contributed by atoms with E-state index in [0.29, 0.717) is 0 Å². The molecule has 0 atom stereocenters. The molecule has 0 radical (unpaired) electrons. The van der Waals surface area contributed by atoms with E-state index in [1.165, 1.54) is 5.19 Å². The molecule has 0 N–H and O–H groups in total. The van der Waals surface area contributed by atoms with E-state index in [9.17, 15) is 0 Å². The van der Waals surface area contributed by atoms with Crippen LogP contribution in [-0.2, 0) is 0 Å².